The van der Waals surface area contributed by atoms with Gasteiger partial charge >= 0.3 is 5.97 Å². The van der Waals surface area contributed by atoms with Crippen LogP contribution in [0.3, 0.4) is 0 Å². The Bertz CT molecular complexity index is 850. The van der Waals surface area contributed by atoms with E-state index >= 15 is 4.39 Å². The zero-order chi connectivity index (χ0) is 21.5. The topological polar surface area (TPSA) is 62.7 Å². The first kappa shape index (κ1) is 22.8. The summed E-state index contributed by atoms with van der Waals surface area (Å²) < 4.78 is 20.6. The average Bonchev–Trinajstić information content (AvgIpc) is 2.75. The third-order valence-corrected chi connectivity index (χ3v) is 6.73. The van der Waals surface area contributed by atoms with Gasteiger partial charge in [0.1, 0.15) is 11.9 Å². The number of hydrogen-bond donors (Lipinski definition) is 1. The van der Waals surface area contributed by atoms with Crippen LogP contribution in [0.1, 0.15) is 37.4 Å². The molecule has 1 aromatic heterocycles. The molecule has 1 N–H and O–H groups in total. The summed E-state index contributed by atoms with van der Waals surface area (Å²) in [4.78, 5) is 18.1. The molecule has 2 heterocycles. The van der Waals surface area contributed by atoms with Gasteiger partial charge in [-0.2, -0.15) is 11.8 Å². The Morgan fingerprint density at radius 3 is 2.97 bits per heavy atom. The van der Waals surface area contributed by atoms with E-state index in [1.54, 1.807) is 31.1 Å². The van der Waals surface area contributed by atoms with Gasteiger partial charge in [-0.3, -0.25) is 9.78 Å². The smallest absolute Gasteiger partial charge is 0.303 e. The summed E-state index contributed by atoms with van der Waals surface area (Å²) in [6, 6.07) is 7.25. The van der Waals surface area contributed by atoms with Crippen LogP contribution in [-0.2, 0) is 4.79 Å². The first-order valence-electron chi connectivity index (χ1n) is 10.5. The van der Waals surface area contributed by atoms with Crippen LogP contribution in [0.2, 0.25) is 0 Å². The van der Waals surface area contributed by atoms with Crippen LogP contribution in [-0.4, -0.2) is 59.7 Å². The Morgan fingerprint density at radius 1 is 1.40 bits per heavy atom. The van der Waals surface area contributed by atoms with Gasteiger partial charge in [-0.25, -0.2) is 4.39 Å². The fraction of sp³-hybridized carbons (Fsp3) is 0.565. The van der Waals surface area contributed by atoms with Crippen molar-refractivity contribution < 1.29 is 19.0 Å². The molecule has 1 aromatic carbocycles. The second-order valence-electron chi connectivity index (χ2n) is 8.03. The molecule has 2 aromatic rings. The Balaban J connectivity index is 1.67. The molecule has 1 unspecified atom stereocenters. The molecule has 1 aliphatic heterocycles. The van der Waals surface area contributed by atoms with Gasteiger partial charge in [0.05, 0.1) is 12.6 Å². The average molecular weight is 435 g/mol. The van der Waals surface area contributed by atoms with Gasteiger partial charge in [0.2, 0.25) is 0 Å². The summed E-state index contributed by atoms with van der Waals surface area (Å²) in [7, 11) is 1.60. The van der Waals surface area contributed by atoms with E-state index in [0.717, 1.165) is 42.7 Å². The minimum Gasteiger partial charge on any atom is -0.497 e. The summed E-state index contributed by atoms with van der Waals surface area (Å²) in [5, 5.41) is 10.1. The number of alkyl halides is 1. The maximum Gasteiger partial charge on any atom is 0.303 e. The van der Waals surface area contributed by atoms with Gasteiger partial charge in [-0.05, 0) is 73.7 Å². The van der Waals surface area contributed by atoms with Crippen molar-refractivity contribution >= 4 is 28.6 Å². The van der Waals surface area contributed by atoms with Gasteiger partial charge in [0.25, 0.3) is 0 Å². The molecule has 0 spiro atoms. The number of thioether (sulfide) groups is 1. The van der Waals surface area contributed by atoms with Crippen LogP contribution in [0.15, 0.2) is 30.5 Å². The molecule has 0 saturated carbocycles. The predicted octanol–water partition coefficient (Wildman–Crippen LogP) is 4.81. The van der Waals surface area contributed by atoms with E-state index in [1.807, 2.05) is 18.2 Å². The largest absolute Gasteiger partial charge is 0.497 e. The van der Waals surface area contributed by atoms with Crippen LogP contribution in [0.5, 0.6) is 5.75 Å². The molecular formula is C23H31FN2O3S. The summed E-state index contributed by atoms with van der Waals surface area (Å²) in [6.45, 7) is 2.75. The third kappa shape index (κ3) is 5.85. The van der Waals surface area contributed by atoms with E-state index in [0.29, 0.717) is 24.2 Å². The zero-order valence-electron chi connectivity index (χ0n) is 17.7. The number of rotatable bonds is 10. The second kappa shape index (κ2) is 11.0. The van der Waals surface area contributed by atoms with Crippen molar-refractivity contribution in [2.75, 3.05) is 38.8 Å². The van der Waals surface area contributed by atoms with E-state index in [-0.39, 0.29) is 18.3 Å². The number of carbonyl (C=O) groups is 1. The molecule has 30 heavy (non-hydrogen) atoms. The number of ether oxygens (including phenoxy) is 1. The Kier molecular flexibility index (Phi) is 8.33. The fourth-order valence-electron chi connectivity index (χ4n) is 4.48. The number of carboxylic acid groups (broad SMARTS) is 1. The molecule has 0 radical (unpaired) electrons. The van der Waals surface area contributed by atoms with Crippen LogP contribution in [0.25, 0.3) is 10.9 Å². The molecule has 1 aliphatic rings. The number of halogens is 1. The van der Waals surface area contributed by atoms with Crippen LogP contribution >= 0.6 is 11.8 Å². The zero-order valence-corrected chi connectivity index (χ0v) is 18.5. The second-order valence-corrected chi connectivity index (χ2v) is 9.01. The van der Waals surface area contributed by atoms with Crippen LogP contribution in [0, 0.1) is 11.8 Å². The number of aromatic nitrogens is 1. The van der Waals surface area contributed by atoms with Crippen molar-refractivity contribution in [1.82, 2.24) is 9.88 Å². The number of fused-ring (bicyclic) bond motifs is 1. The van der Waals surface area contributed by atoms with E-state index in [1.165, 1.54) is 0 Å². The minimum absolute atomic E-state index is 0.0829. The normalized spacial score (nSPS) is 20.9. The molecule has 7 heteroatoms. The number of pyridine rings is 1. The summed E-state index contributed by atoms with van der Waals surface area (Å²) in [5.74, 6) is 1.30. The Hall–Kier alpha value is -1.86. The lowest BCUT2D eigenvalue weighted by Gasteiger charge is -2.38. The SMILES string of the molecule is COc1ccc2nccc(C(F)CC[C@@H]3CCN(CCSC)C[C@@H]3CC(=O)O)c2c1. The highest BCUT2D eigenvalue weighted by molar-refractivity contribution is 7.98. The summed E-state index contributed by atoms with van der Waals surface area (Å²) in [6.07, 6.45) is 4.81. The van der Waals surface area contributed by atoms with Gasteiger partial charge in [0, 0.05) is 36.8 Å². The summed E-state index contributed by atoms with van der Waals surface area (Å²) in [5.41, 5.74) is 1.38. The number of hydrogen-bond acceptors (Lipinski definition) is 5. The van der Waals surface area contributed by atoms with Gasteiger partial charge in [-0.15, -0.1) is 0 Å². The van der Waals surface area contributed by atoms with Crippen molar-refractivity contribution in [1.29, 1.82) is 0 Å². The van der Waals surface area contributed by atoms with Crippen molar-refractivity contribution in [2.45, 2.75) is 31.9 Å². The number of nitrogens with zero attached hydrogens (tertiary/aromatic N) is 2. The van der Waals surface area contributed by atoms with Crippen molar-refractivity contribution in [3.05, 3.63) is 36.0 Å². The van der Waals surface area contributed by atoms with E-state index in [2.05, 4.69) is 16.1 Å². The number of aliphatic carboxylic acids is 1. The molecule has 3 rings (SSSR count). The third-order valence-electron chi connectivity index (χ3n) is 6.13. The van der Waals surface area contributed by atoms with Crippen LogP contribution < -0.4 is 4.74 Å². The van der Waals surface area contributed by atoms with Crippen molar-refractivity contribution in [3.63, 3.8) is 0 Å². The van der Waals surface area contributed by atoms with Crippen molar-refractivity contribution in [2.24, 2.45) is 11.8 Å². The maximum atomic E-state index is 15.3. The lowest BCUT2D eigenvalue weighted by molar-refractivity contribution is -0.139. The molecule has 1 saturated heterocycles. The lowest BCUT2D eigenvalue weighted by atomic mass is 9.79. The molecule has 0 aliphatic carbocycles. The monoisotopic (exact) mass is 434 g/mol. The first-order chi connectivity index (χ1) is 14.5. The van der Waals surface area contributed by atoms with E-state index < -0.39 is 12.1 Å². The highest BCUT2D eigenvalue weighted by Gasteiger charge is 2.31. The molecule has 1 fully saturated rings. The summed E-state index contributed by atoms with van der Waals surface area (Å²) >= 11 is 1.80. The number of methoxy groups -OCH3 is 1. The quantitative estimate of drug-likeness (QED) is 0.579. The van der Waals surface area contributed by atoms with E-state index in [9.17, 15) is 9.90 Å². The highest BCUT2D eigenvalue weighted by atomic mass is 32.2. The number of piperidine rings is 1. The molecule has 164 valence electrons. The maximum absolute atomic E-state index is 15.3. The van der Waals surface area contributed by atoms with Crippen LogP contribution in [0.4, 0.5) is 4.39 Å². The Labute approximate surface area is 182 Å². The molecule has 3 atom stereocenters. The first-order valence-corrected chi connectivity index (χ1v) is 11.9. The molecular weight excluding hydrogens is 403 g/mol. The van der Waals surface area contributed by atoms with E-state index in [4.69, 9.17) is 4.74 Å². The predicted molar refractivity (Wildman–Crippen MR) is 120 cm³/mol. The number of likely N-dealkylation sites (tertiary alicyclic amines) is 1. The van der Waals surface area contributed by atoms with Crippen molar-refractivity contribution in [3.8, 4) is 5.75 Å². The molecule has 5 nitrogen and oxygen atoms in total. The standard InChI is InChI=1S/C23H31FN2O3S/c1-29-18-4-6-22-20(14-18)19(7-9-25-22)21(24)5-3-16-8-10-26(11-12-30-2)15-17(16)13-23(27)28/h4,6-7,9,14,16-17,21H,3,5,8,10-13,15H2,1-2H3,(H,27,28)/t16-,17+,21?/m1/s1. The number of benzene rings is 1. The molecule has 0 amide bonds. The molecule has 0 bridgehead atoms. The van der Waals surface area contributed by atoms with Gasteiger partial charge < -0.3 is 14.7 Å². The van der Waals surface area contributed by atoms with Gasteiger partial charge in [0.15, 0.2) is 0 Å². The van der Waals surface area contributed by atoms with Gasteiger partial charge in [-0.1, -0.05) is 0 Å². The minimum atomic E-state index is -1.11. The lowest BCUT2D eigenvalue weighted by Crippen LogP contribution is -2.42. The number of carboxylic acids is 1. The fourth-order valence-corrected chi connectivity index (χ4v) is 4.92. The Morgan fingerprint density at radius 2 is 2.23 bits per heavy atom. The highest BCUT2D eigenvalue weighted by Crippen LogP contribution is 2.36.